The van der Waals surface area contributed by atoms with Gasteiger partial charge in [-0.3, -0.25) is 0 Å². The van der Waals surface area contributed by atoms with Gasteiger partial charge in [0.05, 0.1) is 0 Å². The van der Waals surface area contributed by atoms with Gasteiger partial charge >= 0.3 is 85.6 Å². The summed E-state index contributed by atoms with van der Waals surface area (Å²) in [4.78, 5) is 13.3. The Balaban J connectivity index is 2.38. The van der Waals surface area contributed by atoms with E-state index in [1.807, 2.05) is 25.7 Å². The number of hydrogen-bond donors (Lipinski definition) is 0. The number of carbonyl (C=O) groups is 1. The molecule has 1 saturated heterocycles. The molecule has 1 heterocycles. The molecule has 4 heteroatoms. The Morgan fingerprint density at radius 2 is 1.85 bits per heavy atom. The summed E-state index contributed by atoms with van der Waals surface area (Å²) in [6.45, 7) is 7.47. The van der Waals surface area contributed by atoms with Gasteiger partial charge in [0.15, 0.2) is 0 Å². The van der Waals surface area contributed by atoms with Gasteiger partial charge in [-0.05, 0) is 0 Å². The molecule has 0 N–H and O–H groups in total. The predicted molar refractivity (Wildman–Crippen MR) is 53.2 cm³/mol. The third kappa shape index (κ3) is 4.01. The number of ether oxygens (including phenoxy) is 1. The molecule has 0 unspecified atom stereocenters. The van der Waals surface area contributed by atoms with Gasteiger partial charge in [0, 0.05) is 0 Å². The van der Waals surface area contributed by atoms with Crippen molar-refractivity contribution in [3.63, 3.8) is 0 Å². The average molecular weight is 250 g/mol. The van der Waals surface area contributed by atoms with E-state index in [9.17, 15) is 4.79 Å². The Kier molecular flexibility index (Phi) is 3.63. The van der Waals surface area contributed by atoms with Crippen LogP contribution in [0.25, 0.3) is 0 Å². The maximum atomic E-state index is 11.5. The Hall–Kier alpha value is -0.211. The van der Waals surface area contributed by atoms with Gasteiger partial charge in [0.2, 0.25) is 0 Å². The third-order valence-electron chi connectivity index (χ3n) is 1.66. The van der Waals surface area contributed by atoms with Gasteiger partial charge < -0.3 is 0 Å². The van der Waals surface area contributed by atoms with Crippen LogP contribution in [0.15, 0.2) is 0 Å². The van der Waals surface area contributed by atoms with Crippen LogP contribution in [0.1, 0.15) is 20.8 Å². The zero-order valence-electron chi connectivity index (χ0n) is 8.50. The summed E-state index contributed by atoms with van der Waals surface area (Å²) < 4.78 is 5.27. The Labute approximate surface area is 86.0 Å². The van der Waals surface area contributed by atoms with Crippen LogP contribution >= 0.6 is 0 Å². The molecule has 0 aromatic heterocycles. The maximum absolute atomic E-state index is 11.5. The second-order valence-corrected chi connectivity index (χ2v) is 6.65. The zero-order valence-corrected chi connectivity index (χ0v) is 10.2. The van der Waals surface area contributed by atoms with Gasteiger partial charge in [0.1, 0.15) is 0 Å². The van der Waals surface area contributed by atoms with E-state index in [1.54, 1.807) is 0 Å². The van der Waals surface area contributed by atoms with Crippen molar-refractivity contribution >= 4 is 21.1 Å². The fraction of sp³-hybridized carbons (Fsp3) is 0.889. The van der Waals surface area contributed by atoms with Crippen molar-refractivity contribution in [1.82, 2.24) is 4.90 Å². The van der Waals surface area contributed by atoms with Crippen molar-refractivity contribution in [3.8, 4) is 0 Å². The first-order valence-electron chi connectivity index (χ1n) is 4.55. The molecular formula is C9H17NO2Se. The molecule has 13 heavy (non-hydrogen) atoms. The van der Waals surface area contributed by atoms with E-state index in [0.29, 0.717) is 0 Å². The molecule has 1 amide bonds. The summed E-state index contributed by atoms with van der Waals surface area (Å²) in [6, 6.07) is 0. The number of nitrogens with zero attached hydrogens (tertiary/aromatic N) is 1. The van der Waals surface area contributed by atoms with Crippen molar-refractivity contribution in [3.05, 3.63) is 0 Å². The number of hydrogen-bond acceptors (Lipinski definition) is 2. The molecule has 3 nitrogen and oxygen atoms in total. The van der Waals surface area contributed by atoms with Crippen molar-refractivity contribution in [2.45, 2.75) is 37.0 Å². The van der Waals surface area contributed by atoms with Gasteiger partial charge in [-0.25, -0.2) is 0 Å². The fourth-order valence-electron chi connectivity index (χ4n) is 1.07. The van der Waals surface area contributed by atoms with Gasteiger partial charge in [-0.2, -0.15) is 0 Å². The molecule has 0 aromatic rings. The van der Waals surface area contributed by atoms with Crippen molar-refractivity contribution in [1.29, 1.82) is 0 Å². The Morgan fingerprint density at radius 1 is 1.31 bits per heavy atom. The van der Waals surface area contributed by atoms with E-state index in [4.69, 9.17) is 4.74 Å². The summed E-state index contributed by atoms with van der Waals surface area (Å²) in [5.74, 6) is 0. The number of rotatable bonds is 0. The van der Waals surface area contributed by atoms with Crippen molar-refractivity contribution in [2.75, 3.05) is 13.1 Å². The Morgan fingerprint density at radius 3 is 2.31 bits per heavy atom. The molecule has 0 atom stereocenters. The minimum absolute atomic E-state index is 0.150. The molecule has 0 radical (unpaired) electrons. The molecule has 0 aliphatic carbocycles. The topological polar surface area (TPSA) is 29.5 Å². The summed E-state index contributed by atoms with van der Waals surface area (Å²) in [6.07, 6.45) is -0.150. The third-order valence-corrected chi connectivity index (χ3v) is 3.64. The van der Waals surface area contributed by atoms with Crippen LogP contribution < -0.4 is 0 Å². The van der Waals surface area contributed by atoms with E-state index in [0.717, 1.165) is 28.0 Å². The molecule has 0 aromatic carbocycles. The monoisotopic (exact) mass is 251 g/mol. The van der Waals surface area contributed by atoms with E-state index >= 15 is 0 Å². The quantitative estimate of drug-likeness (QED) is 0.613. The molecule has 1 fully saturated rings. The van der Waals surface area contributed by atoms with Gasteiger partial charge in [0.25, 0.3) is 0 Å². The summed E-state index contributed by atoms with van der Waals surface area (Å²) in [7, 11) is 0. The summed E-state index contributed by atoms with van der Waals surface area (Å²) in [5.41, 5.74) is -0.361. The first-order chi connectivity index (χ1) is 5.99. The summed E-state index contributed by atoms with van der Waals surface area (Å²) >= 11 is 0.749. The minimum atomic E-state index is -0.361. The first kappa shape index (κ1) is 10.9. The SMILES string of the molecule is CC(C)(C)OC(=O)N1CC[Se]CC1. The molecule has 0 saturated carbocycles. The normalized spacial score (nSPS) is 18.5. The first-order valence-corrected chi connectivity index (χ1v) is 6.97. The number of amides is 1. The molecule has 76 valence electrons. The van der Waals surface area contributed by atoms with Crippen LogP contribution in [0, 0.1) is 0 Å². The van der Waals surface area contributed by atoms with Crippen LogP contribution in [0.4, 0.5) is 4.79 Å². The standard InChI is InChI=1S/C9H17NO2Se/c1-9(2,3)12-8(11)10-4-6-13-7-5-10/h4-7H2,1-3H3. The van der Waals surface area contributed by atoms with Crippen LogP contribution in [-0.4, -0.2) is 44.6 Å². The van der Waals surface area contributed by atoms with Crippen LogP contribution in [0.5, 0.6) is 0 Å². The van der Waals surface area contributed by atoms with E-state index in [-0.39, 0.29) is 11.7 Å². The average Bonchev–Trinajstić information content (AvgIpc) is 2.03. The van der Waals surface area contributed by atoms with Crippen LogP contribution in [0.3, 0.4) is 0 Å². The molecular weight excluding hydrogens is 233 g/mol. The van der Waals surface area contributed by atoms with Crippen LogP contribution in [0.2, 0.25) is 10.6 Å². The molecule has 1 rings (SSSR count). The van der Waals surface area contributed by atoms with E-state index in [1.165, 1.54) is 10.6 Å². The van der Waals surface area contributed by atoms with Crippen molar-refractivity contribution < 1.29 is 9.53 Å². The van der Waals surface area contributed by atoms with Gasteiger partial charge in [-0.1, -0.05) is 0 Å². The second kappa shape index (κ2) is 4.34. The van der Waals surface area contributed by atoms with Gasteiger partial charge in [-0.15, -0.1) is 0 Å². The number of carbonyl (C=O) groups excluding carboxylic acids is 1. The summed E-state index contributed by atoms with van der Waals surface area (Å²) in [5, 5.41) is 2.35. The fourth-order valence-corrected chi connectivity index (χ4v) is 2.97. The van der Waals surface area contributed by atoms with Crippen molar-refractivity contribution in [2.24, 2.45) is 0 Å². The Bertz CT molecular complexity index is 183. The predicted octanol–water partition coefficient (Wildman–Crippen LogP) is 1.78. The zero-order chi connectivity index (χ0) is 9.90. The van der Waals surface area contributed by atoms with Crippen LogP contribution in [-0.2, 0) is 4.74 Å². The van der Waals surface area contributed by atoms with E-state index < -0.39 is 0 Å². The molecule has 1 aliphatic heterocycles. The molecule has 0 spiro atoms. The van der Waals surface area contributed by atoms with E-state index in [2.05, 4.69) is 0 Å². The molecule has 1 aliphatic rings. The second-order valence-electron chi connectivity index (χ2n) is 4.08. The molecule has 0 bridgehead atoms.